The Balaban J connectivity index is 0.000000194. The highest BCUT2D eigenvalue weighted by atomic mass is 35.5. The monoisotopic (exact) mass is 670 g/mol. The summed E-state index contributed by atoms with van der Waals surface area (Å²) in [6.45, 7) is 21.8. The fourth-order valence-electron chi connectivity index (χ4n) is 4.73. The van der Waals surface area contributed by atoms with E-state index < -0.39 is 12.6 Å². The molecule has 3 aromatic heterocycles. The molecule has 3 aromatic rings. The molecule has 0 aliphatic heterocycles. The first-order chi connectivity index (χ1) is 22.5. The Hall–Kier alpha value is -2.96. The van der Waals surface area contributed by atoms with E-state index in [0.29, 0.717) is 60.9 Å². The number of aryl methyl sites for hydroxylation is 3. The number of hydrogen-bond donors (Lipinski definition) is 0. The highest BCUT2D eigenvalue weighted by Gasteiger charge is 2.30. The van der Waals surface area contributed by atoms with Gasteiger partial charge in [-0.3, -0.25) is 4.79 Å². The topological polar surface area (TPSA) is 131 Å². The molecule has 0 radical (unpaired) electrons. The van der Waals surface area contributed by atoms with Crippen LogP contribution >= 0.6 is 11.6 Å². The summed E-state index contributed by atoms with van der Waals surface area (Å²) in [6.07, 6.45) is 4.64. The molecule has 2 fully saturated rings. The molecule has 5 rings (SSSR count). The molecule has 0 spiro atoms. The van der Waals surface area contributed by atoms with E-state index in [-0.39, 0.29) is 0 Å². The largest absolute Gasteiger partial charge is 0.346 e. The van der Waals surface area contributed by atoms with Crippen LogP contribution in [0.25, 0.3) is 0 Å². The lowest BCUT2D eigenvalue weighted by Crippen LogP contribution is -2.15. The first-order valence-electron chi connectivity index (χ1n) is 16.6. The molecule has 2 aliphatic rings. The number of carbonyl (C=O) groups excluding carboxylic acids is 1. The van der Waals surface area contributed by atoms with Crippen molar-refractivity contribution < 1.29 is 23.7 Å². The van der Waals surface area contributed by atoms with Crippen molar-refractivity contribution in [2.75, 3.05) is 26.4 Å². The van der Waals surface area contributed by atoms with Crippen LogP contribution in [0.1, 0.15) is 145 Å². The van der Waals surface area contributed by atoms with Gasteiger partial charge in [-0.1, -0.05) is 11.6 Å². The van der Waals surface area contributed by atoms with E-state index in [1.807, 2.05) is 62.3 Å². The molecule has 258 valence electrons. The summed E-state index contributed by atoms with van der Waals surface area (Å²) in [5, 5.41) is 0.451. The van der Waals surface area contributed by atoms with Crippen LogP contribution < -0.4 is 0 Å². The van der Waals surface area contributed by atoms with Crippen LogP contribution in [0.3, 0.4) is 0 Å². The van der Waals surface area contributed by atoms with Crippen LogP contribution in [-0.4, -0.2) is 62.6 Å². The van der Waals surface area contributed by atoms with Gasteiger partial charge >= 0.3 is 0 Å². The average Bonchev–Trinajstić information content (AvgIpc) is 3.97. The number of ether oxygens (including phenoxy) is 4. The minimum atomic E-state index is -0.535. The fourth-order valence-corrected chi connectivity index (χ4v) is 4.96. The number of carbonyl (C=O) groups is 1. The molecular formula is C35H51ClN6O5. The van der Waals surface area contributed by atoms with Crippen LogP contribution in [0.15, 0.2) is 0 Å². The van der Waals surface area contributed by atoms with Gasteiger partial charge in [0.05, 0.1) is 11.4 Å². The van der Waals surface area contributed by atoms with Gasteiger partial charge in [0.25, 0.3) is 0 Å². The van der Waals surface area contributed by atoms with Gasteiger partial charge < -0.3 is 18.9 Å². The van der Waals surface area contributed by atoms with Gasteiger partial charge in [0.2, 0.25) is 12.6 Å². The van der Waals surface area contributed by atoms with E-state index in [9.17, 15) is 4.79 Å². The lowest BCUT2D eigenvalue weighted by atomic mass is 10.1. The molecule has 0 saturated heterocycles. The predicted octanol–water partition coefficient (Wildman–Crippen LogP) is 7.64. The van der Waals surface area contributed by atoms with Gasteiger partial charge in [-0.25, -0.2) is 29.9 Å². The van der Waals surface area contributed by atoms with Crippen LogP contribution in [0.2, 0.25) is 5.15 Å². The van der Waals surface area contributed by atoms with Crippen molar-refractivity contribution in [1.29, 1.82) is 0 Å². The lowest BCUT2D eigenvalue weighted by molar-refractivity contribution is -0.145. The third-order valence-corrected chi connectivity index (χ3v) is 8.33. The zero-order chi connectivity index (χ0) is 34.7. The Bertz CT molecular complexity index is 1450. The van der Waals surface area contributed by atoms with Gasteiger partial charge in [-0.05, 0) is 106 Å². The standard InChI is InChI=1S/C14H22N2O2.C11H17ClN2O2.C10H12N2O/c1-5-17-14(18-6-2)13-15-10(4)9(3)12(16-13)11-7-8-11;1-5-15-11(16-6-2)10-13-8(4)7(3)9(12)14-10;1-6-7(2)11-9(5-13)12-10(6)8-3-4-8/h11,14H,5-8H2,1-4H3;11H,5-6H2,1-4H3;5,8H,3-4H2,1-2H3. The predicted molar refractivity (Wildman–Crippen MR) is 181 cm³/mol. The molecule has 0 aromatic carbocycles. The van der Waals surface area contributed by atoms with Gasteiger partial charge in [0, 0.05) is 60.9 Å². The van der Waals surface area contributed by atoms with Gasteiger partial charge in [0.15, 0.2) is 23.8 Å². The first-order valence-corrected chi connectivity index (χ1v) is 17.0. The summed E-state index contributed by atoms with van der Waals surface area (Å²) in [5.74, 6) is 2.68. The minimum Gasteiger partial charge on any atom is -0.346 e. The molecule has 0 bridgehead atoms. The Morgan fingerprint density at radius 2 is 0.979 bits per heavy atom. The first kappa shape index (κ1) is 38.5. The molecule has 2 aliphatic carbocycles. The zero-order valence-electron chi connectivity index (χ0n) is 29.6. The van der Waals surface area contributed by atoms with Gasteiger partial charge in [-0.15, -0.1) is 0 Å². The van der Waals surface area contributed by atoms with Gasteiger partial charge in [0.1, 0.15) is 5.15 Å². The summed E-state index contributed by atoms with van der Waals surface area (Å²) < 4.78 is 22.0. The molecular weight excluding hydrogens is 620 g/mol. The number of aromatic nitrogens is 6. The highest BCUT2D eigenvalue weighted by Crippen LogP contribution is 2.41. The second-order valence-corrected chi connectivity index (χ2v) is 11.9. The molecule has 0 amide bonds. The summed E-state index contributed by atoms with van der Waals surface area (Å²) in [4.78, 5) is 36.6. The van der Waals surface area contributed by atoms with Crippen molar-refractivity contribution in [3.8, 4) is 0 Å². The zero-order valence-corrected chi connectivity index (χ0v) is 30.4. The van der Waals surface area contributed by atoms with Crippen LogP contribution in [-0.2, 0) is 18.9 Å². The van der Waals surface area contributed by atoms with Crippen molar-refractivity contribution in [3.63, 3.8) is 0 Å². The maximum atomic E-state index is 10.5. The normalized spacial score (nSPS) is 14.1. The van der Waals surface area contributed by atoms with Crippen molar-refractivity contribution in [2.45, 2.75) is 119 Å². The third kappa shape index (κ3) is 11.0. The second kappa shape index (κ2) is 18.5. The molecule has 0 N–H and O–H groups in total. The molecule has 3 heterocycles. The van der Waals surface area contributed by atoms with Crippen molar-refractivity contribution >= 4 is 17.9 Å². The van der Waals surface area contributed by atoms with E-state index in [1.54, 1.807) is 0 Å². The molecule has 0 unspecified atom stereocenters. The lowest BCUT2D eigenvalue weighted by Gasteiger charge is -2.18. The summed E-state index contributed by atoms with van der Waals surface area (Å²) in [6, 6.07) is 0. The SMILES string of the molecule is CCOC(OCC)c1nc(C)c(C)c(C2CC2)n1.CCOC(OCC)c1nc(C)c(C)c(Cl)n1.Cc1nc(C=O)nc(C2CC2)c1C. The highest BCUT2D eigenvalue weighted by molar-refractivity contribution is 6.30. The van der Waals surface area contributed by atoms with Crippen LogP contribution in [0, 0.1) is 41.5 Å². The van der Waals surface area contributed by atoms with Crippen molar-refractivity contribution in [3.05, 3.63) is 67.8 Å². The van der Waals surface area contributed by atoms with Crippen molar-refractivity contribution in [2.24, 2.45) is 0 Å². The van der Waals surface area contributed by atoms with E-state index >= 15 is 0 Å². The number of rotatable bonds is 13. The third-order valence-electron chi connectivity index (χ3n) is 7.96. The van der Waals surface area contributed by atoms with E-state index in [2.05, 4.69) is 36.8 Å². The van der Waals surface area contributed by atoms with Gasteiger partial charge in [-0.2, -0.15) is 0 Å². The molecule has 47 heavy (non-hydrogen) atoms. The number of aldehydes is 1. The number of hydrogen-bond acceptors (Lipinski definition) is 11. The van der Waals surface area contributed by atoms with Crippen LogP contribution in [0.4, 0.5) is 0 Å². The molecule has 11 nitrogen and oxygen atoms in total. The quantitative estimate of drug-likeness (QED) is 0.101. The maximum Gasteiger partial charge on any atom is 0.219 e. The molecule has 0 atom stereocenters. The summed E-state index contributed by atoms with van der Waals surface area (Å²) in [5.41, 5.74) is 8.32. The van der Waals surface area contributed by atoms with E-state index in [1.165, 1.54) is 36.9 Å². The Morgan fingerprint density at radius 1 is 0.596 bits per heavy atom. The number of halogens is 1. The summed E-state index contributed by atoms with van der Waals surface area (Å²) in [7, 11) is 0. The second-order valence-electron chi connectivity index (χ2n) is 11.6. The van der Waals surface area contributed by atoms with Crippen molar-refractivity contribution in [1.82, 2.24) is 29.9 Å². The smallest absolute Gasteiger partial charge is 0.219 e. The Labute approximate surface area is 284 Å². The Morgan fingerprint density at radius 3 is 1.36 bits per heavy atom. The van der Waals surface area contributed by atoms with E-state index in [4.69, 9.17) is 30.5 Å². The fraction of sp³-hybridized carbons (Fsp3) is 0.629. The maximum absolute atomic E-state index is 10.5. The van der Waals surface area contributed by atoms with E-state index in [0.717, 1.165) is 40.2 Å². The molecule has 2 saturated carbocycles. The van der Waals surface area contributed by atoms with Crippen LogP contribution in [0.5, 0.6) is 0 Å². The number of nitrogens with zero attached hydrogens (tertiary/aromatic N) is 6. The molecule has 12 heteroatoms. The summed E-state index contributed by atoms with van der Waals surface area (Å²) >= 11 is 6.00. The average molecular weight is 671 g/mol. The minimum absolute atomic E-state index is 0.324. The Kier molecular flexibility index (Phi) is 15.2.